The van der Waals surface area contributed by atoms with Gasteiger partial charge >= 0.3 is 5.69 Å². The van der Waals surface area contributed by atoms with Crippen LogP contribution in [0.5, 0.6) is 0 Å². The zero-order chi connectivity index (χ0) is 14.7. The number of hydrogen-bond donors (Lipinski definition) is 0. The number of rotatable bonds is 4. The highest BCUT2D eigenvalue weighted by Gasteiger charge is 2.22. The third-order valence-corrected chi connectivity index (χ3v) is 2.59. The molecule has 0 N–H and O–H groups in total. The second-order valence-electron chi connectivity index (χ2n) is 3.89. The third kappa shape index (κ3) is 2.53. The maximum absolute atomic E-state index is 10.9. The first-order chi connectivity index (χ1) is 9.50. The van der Waals surface area contributed by atoms with Gasteiger partial charge in [0, 0.05) is 6.07 Å². The van der Waals surface area contributed by atoms with E-state index in [1.165, 1.54) is 37.3 Å². The second kappa shape index (κ2) is 5.31. The predicted molar refractivity (Wildman–Crippen MR) is 69.9 cm³/mol. The molecule has 1 aromatic heterocycles. The van der Waals surface area contributed by atoms with Gasteiger partial charge in [0.25, 0.3) is 5.69 Å². The first-order valence-electron chi connectivity index (χ1n) is 5.53. The SMILES string of the molecule is Cc1noc(/C=C\c2ccccc2[N+](=O)[O-])c1[N+](=O)[O-]. The van der Waals surface area contributed by atoms with Gasteiger partial charge in [-0.2, -0.15) is 0 Å². The molecule has 1 heterocycles. The number of hydrogen-bond acceptors (Lipinski definition) is 6. The van der Waals surface area contributed by atoms with Crippen LogP contribution in [0.3, 0.4) is 0 Å². The maximum atomic E-state index is 10.9. The zero-order valence-corrected chi connectivity index (χ0v) is 10.3. The summed E-state index contributed by atoms with van der Waals surface area (Å²) in [5, 5.41) is 25.2. The Morgan fingerprint density at radius 2 is 1.85 bits per heavy atom. The van der Waals surface area contributed by atoms with E-state index in [1.54, 1.807) is 6.07 Å². The summed E-state index contributed by atoms with van der Waals surface area (Å²) in [7, 11) is 0. The van der Waals surface area contributed by atoms with E-state index in [1.807, 2.05) is 0 Å². The fourth-order valence-electron chi connectivity index (χ4n) is 1.67. The summed E-state index contributed by atoms with van der Waals surface area (Å²) in [6, 6.07) is 6.05. The fourth-order valence-corrected chi connectivity index (χ4v) is 1.67. The minimum atomic E-state index is -0.606. The highest BCUT2D eigenvalue weighted by Crippen LogP contribution is 2.26. The van der Waals surface area contributed by atoms with Crippen LogP contribution in [-0.2, 0) is 0 Å². The molecule has 1 aromatic carbocycles. The smallest absolute Gasteiger partial charge is 0.338 e. The molecule has 0 aliphatic carbocycles. The van der Waals surface area contributed by atoms with Gasteiger partial charge in [0.05, 0.1) is 15.4 Å². The average molecular weight is 275 g/mol. The first-order valence-corrected chi connectivity index (χ1v) is 5.53. The zero-order valence-electron chi connectivity index (χ0n) is 10.3. The lowest BCUT2D eigenvalue weighted by atomic mass is 10.1. The fraction of sp³-hybridized carbons (Fsp3) is 0.0833. The van der Waals surface area contributed by atoms with Gasteiger partial charge in [-0.05, 0) is 25.1 Å². The van der Waals surface area contributed by atoms with Gasteiger partial charge < -0.3 is 4.52 Å². The van der Waals surface area contributed by atoms with Crippen molar-refractivity contribution in [3.63, 3.8) is 0 Å². The number of nitrogens with zero attached hydrogens (tertiary/aromatic N) is 3. The molecule has 0 atom stereocenters. The van der Waals surface area contributed by atoms with E-state index in [9.17, 15) is 20.2 Å². The summed E-state index contributed by atoms with van der Waals surface area (Å²) in [5.41, 5.74) is 0.125. The Morgan fingerprint density at radius 1 is 1.15 bits per heavy atom. The Balaban J connectivity index is 2.40. The van der Waals surface area contributed by atoms with E-state index in [2.05, 4.69) is 5.16 Å². The van der Waals surface area contributed by atoms with E-state index in [-0.39, 0.29) is 22.8 Å². The van der Waals surface area contributed by atoms with Gasteiger partial charge in [-0.15, -0.1) is 0 Å². The van der Waals surface area contributed by atoms with E-state index in [0.29, 0.717) is 5.56 Å². The lowest BCUT2D eigenvalue weighted by Gasteiger charge is -1.95. The number of aromatic nitrogens is 1. The largest absolute Gasteiger partial charge is 0.349 e. The van der Waals surface area contributed by atoms with Gasteiger partial charge in [-0.1, -0.05) is 17.3 Å². The van der Waals surface area contributed by atoms with Crippen LogP contribution in [0, 0.1) is 27.2 Å². The van der Waals surface area contributed by atoms with E-state index in [0.717, 1.165) is 0 Å². The summed E-state index contributed by atoms with van der Waals surface area (Å²) >= 11 is 0. The Morgan fingerprint density at radius 3 is 2.50 bits per heavy atom. The van der Waals surface area contributed by atoms with Crippen LogP contribution in [0.25, 0.3) is 12.2 Å². The lowest BCUT2D eigenvalue weighted by Crippen LogP contribution is -1.91. The predicted octanol–water partition coefficient (Wildman–Crippen LogP) is 2.97. The van der Waals surface area contributed by atoms with Crippen LogP contribution >= 0.6 is 0 Å². The molecular weight excluding hydrogens is 266 g/mol. The maximum Gasteiger partial charge on any atom is 0.338 e. The van der Waals surface area contributed by atoms with Crippen molar-refractivity contribution >= 4 is 23.5 Å². The summed E-state index contributed by atoms with van der Waals surface area (Å²) in [5.74, 6) is -0.0503. The van der Waals surface area contributed by atoms with Crippen molar-refractivity contribution < 1.29 is 14.4 Å². The van der Waals surface area contributed by atoms with Crippen molar-refractivity contribution in [1.82, 2.24) is 5.16 Å². The molecule has 0 spiro atoms. The summed E-state index contributed by atoms with van der Waals surface area (Å²) in [6.45, 7) is 1.45. The topological polar surface area (TPSA) is 112 Å². The quantitative estimate of drug-likeness (QED) is 0.626. The molecule has 102 valence electrons. The van der Waals surface area contributed by atoms with Crippen LogP contribution in [0.15, 0.2) is 28.8 Å². The third-order valence-electron chi connectivity index (χ3n) is 2.59. The molecular formula is C12H9N3O5. The molecule has 0 radical (unpaired) electrons. The first kappa shape index (κ1) is 13.4. The molecule has 2 aromatic rings. The van der Waals surface area contributed by atoms with Crippen molar-refractivity contribution in [2.75, 3.05) is 0 Å². The molecule has 0 bridgehead atoms. The Hall–Kier alpha value is -3.03. The number of benzene rings is 1. The summed E-state index contributed by atoms with van der Waals surface area (Å²) in [4.78, 5) is 20.6. The number of para-hydroxylation sites is 1. The number of aryl methyl sites for hydroxylation is 1. The summed E-state index contributed by atoms with van der Waals surface area (Å²) < 4.78 is 4.83. The minimum Gasteiger partial charge on any atom is -0.349 e. The van der Waals surface area contributed by atoms with E-state index in [4.69, 9.17) is 4.52 Å². The number of nitro benzene ring substituents is 1. The Labute approximate surface area is 112 Å². The van der Waals surface area contributed by atoms with E-state index >= 15 is 0 Å². The molecule has 0 saturated carbocycles. The molecule has 0 aliphatic heterocycles. The molecule has 8 nitrogen and oxygen atoms in total. The van der Waals surface area contributed by atoms with Crippen molar-refractivity contribution in [2.45, 2.75) is 6.92 Å². The lowest BCUT2D eigenvalue weighted by molar-refractivity contribution is -0.386. The van der Waals surface area contributed by atoms with E-state index < -0.39 is 9.85 Å². The van der Waals surface area contributed by atoms with Gasteiger partial charge in [-0.3, -0.25) is 20.2 Å². The molecule has 2 rings (SSSR count). The van der Waals surface area contributed by atoms with Crippen LogP contribution in [0.2, 0.25) is 0 Å². The molecule has 0 unspecified atom stereocenters. The van der Waals surface area contributed by atoms with Gasteiger partial charge in [-0.25, -0.2) is 0 Å². The van der Waals surface area contributed by atoms with Crippen molar-refractivity contribution in [3.8, 4) is 0 Å². The second-order valence-corrected chi connectivity index (χ2v) is 3.89. The molecule has 8 heteroatoms. The van der Waals surface area contributed by atoms with Crippen LogP contribution in [0.4, 0.5) is 11.4 Å². The van der Waals surface area contributed by atoms with Crippen molar-refractivity contribution in [3.05, 3.63) is 61.5 Å². The Kier molecular flexibility index (Phi) is 3.56. The molecule has 0 fully saturated rings. The highest BCUT2D eigenvalue weighted by atomic mass is 16.6. The standard InChI is InChI=1S/C12H9N3O5/c1-8-12(15(18)19)11(20-13-8)7-6-9-4-2-3-5-10(9)14(16)17/h2-7H,1H3/b7-6-. The number of nitro groups is 2. The van der Waals surface area contributed by atoms with Crippen LogP contribution in [-0.4, -0.2) is 15.0 Å². The van der Waals surface area contributed by atoms with Gasteiger partial charge in [0.2, 0.25) is 5.76 Å². The van der Waals surface area contributed by atoms with Crippen molar-refractivity contribution in [2.24, 2.45) is 0 Å². The van der Waals surface area contributed by atoms with Gasteiger partial charge in [0.15, 0.2) is 5.69 Å². The normalized spacial score (nSPS) is 10.8. The molecule has 0 aliphatic rings. The minimum absolute atomic E-state index is 0.0503. The van der Waals surface area contributed by atoms with Crippen LogP contribution in [0.1, 0.15) is 17.0 Å². The van der Waals surface area contributed by atoms with Gasteiger partial charge in [0.1, 0.15) is 0 Å². The molecule has 0 amide bonds. The monoisotopic (exact) mass is 275 g/mol. The van der Waals surface area contributed by atoms with Crippen LogP contribution < -0.4 is 0 Å². The average Bonchev–Trinajstić information content (AvgIpc) is 2.77. The summed E-state index contributed by atoms with van der Waals surface area (Å²) in [6.07, 6.45) is 2.67. The molecule has 20 heavy (non-hydrogen) atoms. The molecule has 0 saturated heterocycles. The highest BCUT2D eigenvalue weighted by molar-refractivity contribution is 5.75. The Bertz CT molecular complexity index is 705. The van der Waals surface area contributed by atoms with Crippen molar-refractivity contribution in [1.29, 1.82) is 0 Å².